The van der Waals surface area contributed by atoms with Crippen molar-refractivity contribution in [1.82, 2.24) is 5.32 Å². The van der Waals surface area contributed by atoms with Crippen molar-refractivity contribution in [2.45, 2.75) is 25.1 Å². The van der Waals surface area contributed by atoms with Crippen molar-refractivity contribution in [2.24, 2.45) is 5.73 Å². The van der Waals surface area contributed by atoms with Gasteiger partial charge in [0.1, 0.15) is 5.69 Å². The van der Waals surface area contributed by atoms with Crippen LogP contribution in [0.5, 0.6) is 0 Å². The van der Waals surface area contributed by atoms with Gasteiger partial charge in [0.25, 0.3) is 5.69 Å². The molecule has 0 radical (unpaired) electrons. The minimum atomic E-state index is -4.64. The van der Waals surface area contributed by atoms with Crippen LogP contribution < -0.4 is 16.0 Å². The zero-order valence-electron chi connectivity index (χ0n) is 12.0. The molecule has 126 valence electrons. The Balaban J connectivity index is 2.20. The Kier molecular flexibility index (Phi) is 4.62. The molecule has 1 heterocycles. The van der Waals surface area contributed by atoms with Crippen LogP contribution in [0.3, 0.4) is 0 Å². The number of hydrogen-bond donors (Lipinski definition) is 2. The number of nitro benzene ring substituents is 1. The normalized spacial score (nSPS) is 16.2. The summed E-state index contributed by atoms with van der Waals surface area (Å²) in [6.07, 6.45) is -3.63. The van der Waals surface area contributed by atoms with E-state index in [0.717, 1.165) is 12.1 Å². The summed E-state index contributed by atoms with van der Waals surface area (Å²) in [4.78, 5) is 22.7. The number of alkyl halides is 3. The number of anilines is 1. The van der Waals surface area contributed by atoms with Gasteiger partial charge in [0.05, 0.1) is 10.5 Å². The number of nitrogens with two attached hydrogens (primary N) is 1. The summed E-state index contributed by atoms with van der Waals surface area (Å²) in [6.45, 7) is 0.744. The van der Waals surface area contributed by atoms with Crippen molar-refractivity contribution >= 4 is 17.4 Å². The molecule has 23 heavy (non-hydrogen) atoms. The molecular weight excluding hydrogens is 317 g/mol. The number of benzene rings is 1. The smallest absolute Gasteiger partial charge is 0.366 e. The number of carbonyl (C=O) groups is 1. The quantitative estimate of drug-likeness (QED) is 0.654. The van der Waals surface area contributed by atoms with Gasteiger partial charge in [-0.1, -0.05) is 0 Å². The lowest BCUT2D eigenvalue weighted by Gasteiger charge is -2.33. The van der Waals surface area contributed by atoms with Gasteiger partial charge in [-0.15, -0.1) is 0 Å². The highest BCUT2D eigenvalue weighted by atomic mass is 19.4. The minimum absolute atomic E-state index is 0.139. The zero-order valence-corrected chi connectivity index (χ0v) is 12.0. The van der Waals surface area contributed by atoms with Gasteiger partial charge < -0.3 is 16.0 Å². The third kappa shape index (κ3) is 4.02. The van der Waals surface area contributed by atoms with Crippen LogP contribution in [0.1, 0.15) is 18.4 Å². The molecule has 2 rings (SSSR count). The number of urea groups is 1. The molecule has 0 aliphatic carbocycles. The number of amides is 2. The van der Waals surface area contributed by atoms with Crippen molar-refractivity contribution < 1.29 is 22.9 Å². The van der Waals surface area contributed by atoms with E-state index in [4.69, 9.17) is 5.73 Å². The number of nitrogens with zero attached hydrogens (tertiary/aromatic N) is 2. The average molecular weight is 332 g/mol. The maximum atomic E-state index is 12.7. The van der Waals surface area contributed by atoms with E-state index in [1.54, 1.807) is 4.90 Å². The van der Waals surface area contributed by atoms with Gasteiger partial charge in [-0.05, 0) is 25.0 Å². The van der Waals surface area contributed by atoms with Crippen molar-refractivity contribution in [3.05, 3.63) is 33.9 Å². The van der Waals surface area contributed by atoms with Crippen molar-refractivity contribution in [3.63, 3.8) is 0 Å². The first-order valence-electron chi connectivity index (χ1n) is 6.85. The molecule has 7 nitrogen and oxygen atoms in total. The van der Waals surface area contributed by atoms with E-state index >= 15 is 0 Å². The topological polar surface area (TPSA) is 102 Å². The fourth-order valence-corrected chi connectivity index (χ4v) is 2.58. The van der Waals surface area contributed by atoms with E-state index in [1.165, 1.54) is 0 Å². The number of nitrogens with one attached hydrogen (secondary N) is 1. The molecule has 0 aromatic heterocycles. The van der Waals surface area contributed by atoms with Gasteiger partial charge >= 0.3 is 12.2 Å². The molecule has 0 unspecified atom stereocenters. The first kappa shape index (κ1) is 16.8. The fraction of sp³-hybridized carbons (Fsp3) is 0.462. The summed E-state index contributed by atoms with van der Waals surface area (Å²) in [5.41, 5.74) is 3.53. The Hall–Kier alpha value is -2.52. The van der Waals surface area contributed by atoms with E-state index in [9.17, 15) is 28.1 Å². The van der Waals surface area contributed by atoms with Gasteiger partial charge in [-0.2, -0.15) is 13.2 Å². The Morgan fingerprint density at radius 1 is 1.35 bits per heavy atom. The standard InChI is InChI=1S/C13H15F3N4O3/c14-13(15,16)8-1-2-10(11(7-8)20(22)23)19-5-3-9(4-6-19)18-12(17)21/h1-2,7,9H,3-6H2,(H3,17,18,21). The second-order valence-electron chi connectivity index (χ2n) is 5.23. The van der Waals surface area contributed by atoms with Crippen LogP contribution in [0.4, 0.5) is 29.3 Å². The van der Waals surface area contributed by atoms with E-state index in [0.29, 0.717) is 32.0 Å². The molecular formula is C13H15F3N4O3. The van der Waals surface area contributed by atoms with Gasteiger partial charge in [-0.3, -0.25) is 10.1 Å². The van der Waals surface area contributed by atoms with E-state index < -0.39 is 28.4 Å². The van der Waals surface area contributed by atoms with Crippen LogP contribution in [0, 0.1) is 10.1 Å². The molecule has 0 spiro atoms. The highest BCUT2D eigenvalue weighted by molar-refractivity contribution is 5.72. The molecule has 1 fully saturated rings. The second kappa shape index (κ2) is 6.31. The van der Waals surface area contributed by atoms with E-state index in [2.05, 4.69) is 5.32 Å². The van der Waals surface area contributed by atoms with Gasteiger partial charge in [-0.25, -0.2) is 4.79 Å². The number of rotatable bonds is 3. The summed E-state index contributed by atoms with van der Waals surface area (Å²) in [5, 5.41) is 13.6. The SMILES string of the molecule is NC(=O)NC1CCN(c2ccc(C(F)(F)F)cc2[N+](=O)[O-])CC1. The molecule has 0 saturated carbocycles. The summed E-state index contributed by atoms with van der Waals surface area (Å²) < 4.78 is 38.1. The number of piperidine rings is 1. The molecule has 0 bridgehead atoms. The minimum Gasteiger partial charge on any atom is -0.366 e. The van der Waals surface area contributed by atoms with Crippen LogP contribution in [0.15, 0.2) is 18.2 Å². The Labute approximate surface area is 129 Å². The van der Waals surface area contributed by atoms with Crippen molar-refractivity contribution in [1.29, 1.82) is 0 Å². The van der Waals surface area contributed by atoms with Crippen LogP contribution >= 0.6 is 0 Å². The Bertz CT molecular complexity index is 613. The third-order valence-electron chi connectivity index (χ3n) is 3.68. The third-order valence-corrected chi connectivity index (χ3v) is 3.68. The molecule has 1 aliphatic heterocycles. The predicted octanol–water partition coefficient (Wildman–Crippen LogP) is 2.25. The summed E-state index contributed by atoms with van der Waals surface area (Å²) in [7, 11) is 0. The predicted molar refractivity (Wildman–Crippen MR) is 76.1 cm³/mol. The summed E-state index contributed by atoms with van der Waals surface area (Å²) in [6, 6.07) is 1.70. The van der Waals surface area contributed by atoms with Gasteiger partial charge in [0.2, 0.25) is 0 Å². The van der Waals surface area contributed by atoms with E-state index in [1.807, 2.05) is 0 Å². The first-order valence-corrected chi connectivity index (χ1v) is 6.85. The van der Waals surface area contributed by atoms with Crippen LogP contribution in [-0.2, 0) is 6.18 Å². The number of halogens is 3. The van der Waals surface area contributed by atoms with Crippen molar-refractivity contribution in [3.8, 4) is 0 Å². The average Bonchev–Trinajstić information content (AvgIpc) is 2.46. The zero-order chi connectivity index (χ0) is 17.2. The lowest BCUT2D eigenvalue weighted by atomic mass is 10.0. The van der Waals surface area contributed by atoms with E-state index in [-0.39, 0.29) is 11.7 Å². The number of hydrogen-bond acceptors (Lipinski definition) is 4. The second-order valence-corrected chi connectivity index (χ2v) is 5.23. The highest BCUT2D eigenvalue weighted by Crippen LogP contribution is 2.37. The molecule has 1 saturated heterocycles. The number of primary amides is 1. The monoisotopic (exact) mass is 332 g/mol. The van der Waals surface area contributed by atoms with Crippen LogP contribution in [-0.4, -0.2) is 30.1 Å². The Morgan fingerprint density at radius 3 is 2.43 bits per heavy atom. The molecule has 1 aromatic carbocycles. The molecule has 1 aliphatic rings. The van der Waals surface area contributed by atoms with Crippen LogP contribution in [0.2, 0.25) is 0 Å². The molecule has 3 N–H and O–H groups in total. The Morgan fingerprint density at radius 2 is 1.96 bits per heavy atom. The van der Waals surface area contributed by atoms with Crippen LogP contribution in [0.25, 0.3) is 0 Å². The molecule has 10 heteroatoms. The highest BCUT2D eigenvalue weighted by Gasteiger charge is 2.34. The largest absolute Gasteiger partial charge is 0.416 e. The maximum absolute atomic E-state index is 12.7. The maximum Gasteiger partial charge on any atom is 0.416 e. The first-order chi connectivity index (χ1) is 10.7. The van der Waals surface area contributed by atoms with Gasteiger partial charge in [0.15, 0.2) is 0 Å². The number of carbonyl (C=O) groups excluding carboxylic acids is 1. The molecule has 0 atom stereocenters. The molecule has 2 amide bonds. The number of nitro groups is 1. The summed E-state index contributed by atoms with van der Waals surface area (Å²) >= 11 is 0. The molecule has 1 aromatic rings. The van der Waals surface area contributed by atoms with Gasteiger partial charge in [0, 0.05) is 25.2 Å². The van der Waals surface area contributed by atoms with Crippen molar-refractivity contribution in [2.75, 3.05) is 18.0 Å². The lowest BCUT2D eigenvalue weighted by molar-refractivity contribution is -0.384. The fourth-order valence-electron chi connectivity index (χ4n) is 2.58. The lowest BCUT2D eigenvalue weighted by Crippen LogP contribution is -2.46. The summed E-state index contributed by atoms with van der Waals surface area (Å²) in [5.74, 6) is 0.